The molecule has 0 aliphatic heterocycles. The smallest absolute Gasteiger partial charge is 0.405 e. The fourth-order valence-electron chi connectivity index (χ4n) is 1.36. The van der Waals surface area contributed by atoms with E-state index in [4.69, 9.17) is 10.5 Å². The van der Waals surface area contributed by atoms with Crippen LogP contribution in [0.4, 0.5) is 4.79 Å². The molecule has 0 saturated heterocycles. The van der Waals surface area contributed by atoms with Crippen LogP contribution in [0.15, 0.2) is 30.3 Å². The van der Waals surface area contributed by atoms with E-state index in [0.717, 1.165) is 18.4 Å². The van der Waals surface area contributed by atoms with Crippen LogP contribution in [-0.2, 0) is 4.74 Å². The molecule has 3 nitrogen and oxygen atoms in total. The second kappa shape index (κ2) is 5.27. The van der Waals surface area contributed by atoms with E-state index in [1.165, 1.54) is 0 Å². The molecule has 1 rings (SSSR count). The van der Waals surface area contributed by atoms with E-state index >= 15 is 0 Å². The van der Waals surface area contributed by atoms with Crippen molar-refractivity contribution in [2.75, 3.05) is 0 Å². The predicted octanol–water partition coefficient (Wildman–Crippen LogP) is 2.62. The lowest BCUT2D eigenvalue weighted by atomic mass is 10.1. The van der Waals surface area contributed by atoms with Crippen LogP contribution < -0.4 is 5.73 Å². The van der Waals surface area contributed by atoms with Gasteiger partial charge in [-0.2, -0.15) is 0 Å². The third-order valence-electron chi connectivity index (χ3n) is 1.98. The molecule has 14 heavy (non-hydrogen) atoms. The van der Waals surface area contributed by atoms with Gasteiger partial charge in [-0.05, 0) is 12.0 Å². The summed E-state index contributed by atoms with van der Waals surface area (Å²) in [5, 5.41) is 0. The number of hydrogen-bond acceptors (Lipinski definition) is 2. The van der Waals surface area contributed by atoms with Gasteiger partial charge in [0.1, 0.15) is 6.10 Å². The lowest BCUT2D eigenvalue weighted by molar-refractivity contribution is 0.101. The van der Waals surface area contributed by atoms with Crippen molar-refractivity contribution in [1.82, 2.24) is 0 Å². The molecule has 0 heterocycles. The Balaban J connectivity index is 2.72. The lowest BCUT2D eigenvalue weighted by Gasteiger charge is -2.15. The molecule has 0 aromatic heterocycles. The molecule has 76 valence electrons. The van der Waals surface area contributed by atoms with Gasteiger partial charge in [0.2, 0.25) is 0 Å². The first-order valence-corrected chi connectivity index (χ1v) is 4.75. The van der Waals surface area contributed by atoms with E-state index in [-0.39, 0.29) is 6.10 Å². The van der Waals surface area contributed by atoms with Crippen molar-refractivity contribution in [3.8, 4) is 0 Å². The van der Waals surface area contributed by atoms with Crippen LogP contribution in [0.3, 0.4) is 0 Å². The third-order valence-corrected chi connectivity index (χ3v) is 1.98. The Morgan fingerprint density at radius 2 is 2.07 bits per heavy atom. The highest BCUT2D eigenvalue weighted by atomic mass is 16.6. The summed E-state index contributed by atoms with van der Waals surface area (Å²) in [5.41, 5.74) is 5.99. The van der Waals surface area contributed by atoms with E-state index in [1.54, 1.807) is 0 Å². The Bertz CT molecular complexity index is 285. The number of ether oxygens (including phenoxy) is 1. The normalized spacial score (nSPS) is 12.1. The summed E-state index contributed by atoms with van der Waals surface area (Å²) >= 11 is 0. The van der Waals surface area contributed by atoms with Crippen molar-refractivity contribution >= 4 is 6.09 Å². The van der Waals surface area contributed by atoms with Gasteiger partial charge in [-0.15, -0.1) is 0 Å². The number of carbonyl (C=O) groups is 1. The fourth-order valence-corrected chi connectivity index (χ4v) is 1.36. The summed E-state index contributed by atoms with van der Waals surface area (Å²) in [4.78, 5) is 10.7. The molecular weight excluding hydrogens is 178 g/mol. The molecule has 1 aromatic rings. The number of carbonyl (C=O) groups excluding carboxylic acids is 1. The highest BCUT2D eigenvalue weighted by molar-refractivity contribution is 5.65. The van der Waals surface area contributed by atoms with Crippen molar-refractivity contribution in [2.24, 2.45) is 5.73 Å². The highest BCUT2D eigenvalue weighted by Crippen LogP contribution is 2.21. The number of rotatable bonds is 4. The second-order valence-corrected chi connectivity index (χ2v) is 3.12. The number of nitrogens with two attached hydrogens (primary N) is 1. The first-order chi connectivity index (χ1) is 6.74. The first kappa shape index (κ1) is 10.6. The summed E-state index contributed by atoms with van der Waals surface area (Å²) in [5.74, 6) is 0. The first-order valence-electron chi connectivity index (χ1n) is 4.75. The maximum absolute atomic E-state index is 10.7. The van der Waals surface area contributed by atoms with Crippen LogP contribution in [-0.4, -0.2) is 6.09 Å². The number of primary amides is 1. The minimum Gasteiger partial charge on any atom is -0.442 e. The second-order valence-electron chi connectivity index (χ2n) is 3.12. The zero-order valence-electron chi connectivity index (χ0n) is 8.27. The molecule has 0 radical (unpaired) electrons. The molecule has 1 aromatic carbocycles. The monoisotopic (exact) mass is 193 g/mol. The quantitative estimate of drug-likeness (QED) is 0.799. The Morgan fingerprint density at radius 1 is 1.43 bits per heavy atom. The van der Waals surface area contributed by atoms with Crippen LogP contribution in [0.5, 0.6) is 0 Å². The SMILES string of the molecule is CCCC(OC(N)=O)c1ccccc1. The molecule has 2 N–H and O–H groups in total. The van der Waals surface area contributed by atoms with Crippen molar-refractivity contribution in [3.63, 3.8) is 0 Å². The minimum absolute atomic E-state index is 0.210. The van der Waals surface area contributed by atoms with E-state index in [0.29, 0.717) is 0 Å². The number of hydrogen-bond donors (Lipinski definition) is 1. The number of benzene rings is 1. The number of amides is 1. The summed E-state index contributed by atoms with van der Waals surface area (Å²) in [6.07, 6.45) is 0.825. The van der Waals surface area contributed by atoms with Gasteiger partial charge < -0.3 is 10.5 Å². The minimum atomic E-state index is -0.715. The molecule has 0 aliphatic rings. The molecule has 1 unspecified atom stereocenters. The average molecular weight is 193 g/mol. The zero-order valence-corrected chi connectivity index (χ0v) is 8.27. The predicted molar refractivity (Wildman–Crippen MR) is 54.8 cm³/mol. The standard InChI is InChI=1S/C11H15NO2/c1-2-6-10(14-11(12)13)9-7-4-3-5-8-9/h3-5,7-8,10H,2,6H2,1H3,(H2,12,13). The van der Waals surface area contributed by atoms with E-state index in [1.807, 2.05) is 37.3 Å². The Hall–Kier alpha value is -1.51. The fraction of sp³-hybridized carbons (Fsp3) is 0.364. The van der Waals surface area contributed by atoms with Crippen molar-refractivity contribution in [1.29, 1.82) is 0 Å². The van der Waals surface area contributed by atoms with E-state index in [9.17, 15) is 4.79 Å². The molecule has 0 bridgehead atoms. The average Bonchev–Trinajstić information content (AvgIpc) is 2.18. The van der Waals surface area contributed by atoms with Gasteiger partial charge in [0.05, 0.1) is 0 Å². The van der Waals surface area contributed by atoms with Gasteiger partial charge in [0, 0.05) is 0 Å². The molecule has 0 aliphatic carbocycles. The Kier molecular flexibility index (Phi) is 3.98. The van der Waals surface area contributed by atoms with Crippen molar-refractivity contribution in [2.45, 2.75) is 25.9 Å². The zero-order chi connectivity index (χ0) is 10.4. The van der Waals surface area contributed by atoms with Gasteiger partial charge in [-0.1, -0.05) is 43.7 Å². The lowest BCUT2D eigenvalue weighted by Crippen LogP contribution is -2.17. The molecule has 0 saturated carbocycles. The Morgan fingerprint density at radius 3 is 2.57 bits per heavy atom. The Labute approximate surface area is 83.9 Å². The van der Waals surface area contributed by atoms with Gasteiger partial charge in [0.25, 0.3) is 0 Å². The van der Waals surface area contributed by atoms with E-state index in [2.05, 4.69) is 0 Å². The van der Waals surface area contributed by atoms with Crippen molar-refractivity contribution in [3.05, 3.63) is 35.9 Å². The highest BCUT2D eigenvalue weighted by Gasteiger charge is 2.12. The summed E-state index contributed by atoms with van der Waals surface area (Å²) < 4.78 is 5.02. The third kappa shape index (κ3) is 3.09. The van der Waals surface area contributed by atoms with Crippen LogP contribution >= 0.6 is 0 Å². The topological polar surface area (TPSA) is 52.3 Å². The van der Waals surface area contributed by atoms with Gasteiger partial charge in [-0.25, -0.2) is 4.79 Å². The van der Waals surface area contributed by atoms with E-state index < -0.39 is 6.09 Å². The maximum Gasteiger partial charge on any atom is 0.405 e. The van der Waals surface area contributed by atoms with Crippen LogP contribution in [0, 0.1) is 0 Å². The summed E-state index contributed by atoms with van der Waals surface area (Å²) in [6, 6.07) is 9.63. The molecule has 3 heteroatoms. The molecular formula is C11H15NO2. The molecule has 1 atom stereocenters. The largest absolute Gasteiger partial charge is 0.442 e. The molecule has 0 spiro atoms. The van der Waals surface area contributed by atoms with Crippen LogP contribution in [0.2, 0.25) is 0 Å². The molecule has 0 fully saturated rings. The van der Waals surface area contributed by atoms with Crippen molar-refractivity contribution < 1.29 is 9.53 Å². The summed E-state index contributed by atoms with van der Waals surface area (Å²) in [6.45, 7) is 2.04. The summed E-state index contributed by atoms with van der Waals surface area (Å²) in [7, 11) is 0. The van der Waals surface area contributed by atoms with Crippen LogP contribution in [0.1, 0.15) is 31.4 Å². The van der Waals surface area contributed by atoms with Crippen LogP contribution in [0.25, 0.3) is 0 Å². The van der Waals surface area contributed by atoms with Gasteiger partial charge >= 0.3 is 6.09 Å². The molecule has 1 amide bonds. The van der Waals surface area contributed by atoms with Gasteiger partial charge in [-0.3, -0.25) is 0 Å². The maximum atomic E-state index is 10.7. The van der Waals surface area contributed by atoms with Gasteiger partial charge in [0.15, 0.2) is 0 Å².